The van der Waals surface area contributed by atoms with Gasteiger partial charge >= 0.3 is 5.76 Å². The molecule has 0 fully saturated rings. The Morgan fingerprint density at radius 1 is 1.26 bits per heavy atom. The van der Waals surface area contributed by atoms with Crippen LogP contribution in [0.2, 0.25) is 0 Å². The predicted octanol–water partition coefficient (Wildman–Crippen LogP) is 1.97. The number of aromatic amines is 1. The molecule has 3 rings (SSSR count). The van der Waals surface area contributed by atoms with E-state index in [1.54, 1.807) is 36.4 Å². The van der Waals surface area contributed by atoms with Crippen molar-refractivity contribution in [2.24, 2.45) is 0 Å². The molecule has 0 aliphatic rings. The fourth-order valence-corrected chi connectivity index (χ4v) is 2.30. The summed E-state index contributed by atoms with van der Waals surface area (Å²) in [5, 5.41) is 11.6. The van der Waals surface area contributed by atoms with Gasteiger partial charge in [-0.05, 0) is 42.3 Å². The number of nitriles is 1. The van der Waals surface area contributed by atoms with Crippen LogP contribution in [0.15, 0.2) is 51.7 Å². The van der Waals surface area contributed by atoms with E-state index in [-0.39, 0.29) is 5.91 Å². The predicted molar refractivity (Wildman–Crippen MR) is 84.0 cm³/mol. The first-order chi connectivity index (χ1) is 11.2. The Labute approximate surface area is 131 Å². The van der Waals surface area contributed by atoms with Crippen LogP contribution in [0.5, 0.6) is 0 Å². The zero-order valence-electron chi connectivity index (χ0n) is 12.1. The lowest BCUT2D eigenvalue weighted by atomic mass is 10.1. The molecule has 0 radical (unpaired) electrons. The summed E-state index contributed by atoms with van der Waals surface area (Å²) in [6, 6.07) is 14.0. The van der Waals surface area contributed by atoms with E-state index in [2.05, 4.69) is 10.3 Å². The third-order valence-electron chi connectivity index (χ3n) is 3.44. The molecule has 6 nitrogen and oxygen atoms in total. The number of carbonyl (C=O) groups excluding carboxylic acids is 1. The van der Waals surface area contributed by atoms with Gasteiger partial charge in [-0.25, -0.2) is 4.79 Å². The van der Waals surface area contributed by atoms with Gasteiger partial charge in [0, 0.05) is 12.1 Å². The Morgan fingerprint density at radius 2 is 2.13 bits per heavy atom. The number of rotatable bonds is 4. The zero-order chi connectivity index (χ0) is 16.2. The Balaban J connectivity index is 1.62. The van der Waals surface area contributed by atoms with Crippen molar-refractivity contribution in [3.05, 3.63) is 69.7 Å². The van der Waals surface area contributed by atoms with Crippen LogP contribution < -0.4 is 11.1 Å². The summed E-state index contributed by atoms with van der Waals surface area (Å²) in [5.41, 5.74) is 3.00. The third kappa shape index (κ3) is 3.30. The van der Waals surface area contributed by atoms with E-state index in [4.69, 9.17) is 9.68 Å². The summed E-state index contributed by atoms with van der Waals surface area (Å²) in [7, 11) is 0. The standard InChI is InChI=1S/C17H13N3O3/c18-10-12-2-1-3-13(8-12)16(21)19-7-6-11-4-5-14-15(9-11)23-17(22)20-14/h1-5,8-9H,6-7H2,(H,19,21)(H,20,22). The minimum Gasteiger partial charge on any atom is -0.408 e. The van der Waals surface area contributed by atoms with Gasteiger partial charge in [-0.1, -0.05) is 12.1 Å². The number of aromatic nitrogens is 1. The van der Waals surface area contributed by atoms with Gasteiger partial charge in [0.2, 0.25) is 0 Å². The quantitative estimate of drug-likeness (QED) is 0.769. The van der Waals surface area contributed by atoms with Gasteiger partial charge in [0.25, 0.3) is 5.91 Å². The lowest BCUT2D eigenvalue weighted by Gasteiger charge is -2.05. The lowest BCUT2D eigenvalue weighted by Crippen LogP contribution is -2.25. The van der Waals surface area contributed by atoms with Gasteiger partial charge in [0.1, 0.15) is 0 Å². The van der Waals surface area contributed by atoms with Crippen molar-refractivity contribution >= 4 is 17.0 Å². The van der Waals surface area contributed by atoms with Crippen LogP contribution in [-0.4, -0.2) is 17.4 Å². The summed E-state index contributed by atoms with van der Waals surface area (Å²) in [6.45, 7) is 0.440. The van der Waals surface area contributed by atoms with E-state index in [9.17, 15) is 9.59 Å². The number of nitrogens with one attached hydrogen (secondary N) is 2. The normalized spacial score (nSPS) is 10.4. The van der Waals surface area contributed by atoms with Crippen LogP contribution in [0.3, 0.4) is 0 Å². The molecule has 1 amide bonds. The van der Waals surface area contributed by atoms with Gasteiger partial charge in [-0.15, -0.1) is 0 Å². The number of H-pyrrole nitrogens is 1. The summed E-state index contributed by atoms with van der Waals surface area (Å²) in [5.74, 6) is -0.709. The van der Waals surface area contributed by atoms with E-state index in [0.29, 0.717) is 35.2 Å². The van der Waals surface area contributed by atoms with E-state index in [1.165, 1.54) is 0 Å². The maximum absolute atomic E-state index is 12.0. The number of nitrogens with zero attached hydrogens (tertiary/aromatic N) is 1. The average Bonchev–Trinajstić information content (AvgIpc) is 2.94. The van der Waals surface area contributed by atoms with Gasteiger partial charge in [0.15, 0.2) is 5.58 Å². The van der Waals surface area contributed by atoms with E-state index < -0.39 is 5.76 Å². The molecule has 0 saturated carbocycles. The van der Waals surface area contributed by atoms with E-state index in [1.807, 2.05) is 12.1 Å². The Hall–Kier alpha value is -3.33. The maximum Gasteiger partial charge on any atom is 0.417 e. The SMILES string of the molecule is N#Cc1cccc(C(=O)NCCc2ccc3[nH]c(=O)oc3c2)c1. The second-order valence-electron chi connectivity index (χ2n) is 5.04. The summed E-state index contributed by atoms with van der Waals surface area (Å²) >= 11 is 0. The molecule has 0 unspecified atom stereocenters. The molecule has 114 valence electrons. The van der Waals surface area contributed by atoms with Gasteiger partial charge in [-0.3, -0.25) is 9.78 Å². The molecule has 3 aromatic rings. The highest BCUT2D eigenvalue weighted by Crippen LogP contribution is 2.12. The number of benzene rings is 2. The minimum absolute atomic E-state index is 0.226. The molecule has 6 heteroatoms. The van der Waals surface area contributed by atoms with Crippen LogP contribution >= 0.6 is 0 Å². The van der Waals surface area contributed by atoms with Crippen molar-refractivity contribution in [3.8, 4) is 6.07 Å². The average molecular weight is 307 g/mol. The minimum atomic E-state index is -0.483. The van der Waals surface area contributed by atoms with Crippen LogP contribution in [-0.2, 0) is 6.42 Å². The largest absolute Gasteiger partial charge is 0.417 e. The number of amides is 1. The van der Waals surface area contributed by atoms with Gasteiger partial charge in [-0.2, -0.15) is 5.26 Å². The van der Waals surface area contributed by atoms with Crippen molar-refractivity contribution in [3.63, 3.8) is 0 Å². The molecule has 23 heavy (non-hydrogen) atoms. The van der Waals surface area contributed by atoms with Crippen LogP contribution in [0.25, 0.3) is 11.1 Å². The third-order valence-corrected chi connectivity index (χ3v) is 3.44. The first kappa shape index (κ1) is 14.6. The van der Waals surface area contributed by atoms with E-state index in [0.717, 1.165) is 5.56 Å². The van der Waals surface area contributed by atoms with Crippen molar-refractivity contribution < 1.29 is 9.21 Å². The first-order valence-corrected chi connectivity index (χ1v) is 7.06. The highest BCUT2D eigenvalue weighted by molar-refractivity contribution is 5.94. The second-order valence-corrected chi connectivity index (χ2v) is 5.04. The van der Waals surface area contributed by atoms with Crippen LogP contribution in [0.4, 0.5) is 0 Å². The monoisotopic (exact) mass is 307 g/mol. The summed E-state index contributed by atoms with van der Waals surface area (Å²) < 4.78 is 5.00. The van der Waals surface area contributed by atoms with Crippen LogP contribution in [0, 0.1) is 11.3 Å². The van der Waals surface area contributed by atoms with Crippen molar-refractivity contribution in [2.75, 3.05) is 6.54 Å². The zero-order valence-corrected chi connectivity index (χ0v) is 12.1. The van der Waals surface area contributed by atoms with Gasteiger partial charge < -0.3 is 9.73 Å². The molecule has 1 aromatic heterocycles. The Kier molecular flexibility index (Phi) is 3.93. The maximum atomic E-state index is 12.0. The molecular formula is C17H13N3O3. The Morgan fingerprint density at radius 3 is 2.96 bits per heavy atom. The number of hydrogen-bond donors (Lipinski definition) is 2. The summed E-state index contributed by atoms with van der Waals surface area (Å²) in [4.78, 5) is 25.7. The van der Waals surface area contributed by atoms with Crippen LogP contribution in [0.1, 0.15) is 21.5 Å². The van der Waals surface area contributed by atoms with Crippen molar-refractivity contribution in [1.82, 2.24) is 10.3 Å². The molecule has 2 aromatic carbocycles. The number of carbonyl (C=O) groups is 1. The molecule has 0 saturated heterocycles. The summed E-state index contributed by atoms with van der Waals surface area (Å²) in [6.07, 6.45) is 0.606. The molecule has 0 aliphatic heterocycles. The molecule has 0 atom stereocenters. The molecular weight excluding hydrogens is 294 g/mol. The Bertz CT molecular complexity index is 963. The van der Waals surface area contributed by atoms with Gasteiger partial charge in [0.05, 0.1) is 17.1 Å². The second kappa shape index (κ2) is 6.20. The van der Waals surface area contributed by atoms with E-state index >= 15 is 0 Å². The number of fused-ring (bicyclic) bond motifs is 1. The molecule has 1 heterocycles. The van der Waals surface area contributed by atoms with Crippen molar-refractivity contribution in [1.29, 1.82) is 5.26 Å². The highest BCUT2D eigenvalue weighted by atomic mass is 16.4. The molecule has 0 aliphatic carbocycles. The number of oxazole rings is 1. The fraction of sp³-hybridized carbons (Fsp3) is 0.118. The molecule has 0 bridgehead atoms. The van der Waals surface area contributed by atoms with Crippen molar-refractivity contribution in [2.45, 2.75) is 6.42 Å². The smallest absolute Gasteiger partial charge is 0.408 e. The first-order valence-electron chi connectivity index (χ1n) is 7.06. The number of hydrogen-bond acceptors (Lipinski definition) is 4. The highest BCUT2D eigenvalue weighted by Gasteiger charge is 2.06. The lowest BCUT2D eigenvalue weighted by molar-refractivity contribution is 0.0954. The molecule has 2 N–H and O–H groups in total. The topological polar surface area (TPSA) is 98.9 Å². The fourth-order valence-electron chi connectivity index (χ4n) is 2.30. The molecule has 0 spiro atoms.